The second-order valence-corrected chi connectivity index (χ2v) is 6.20. The molecule has 22 heavy (non-hydrogen) atoms. The fraction of sp³-hybridized carbons (Fsp3) is 0.500. The van der Waals surface area contributed by atoms with Gasteiger partial charge in [0, 0.05) is 18.8 Å². The molecule has 4 nitrogen and oxygen atoms in total. The predicted molar refractivity (Wildman–Crippen MR) is 85.6 cm³/mol. The van der Waals surface area contributed by atoms with Crippen LogP contribution >= 0.6 is 0 Å². The van der Waals surface area contributed by atoms with E-state index in [-0.39, 0.29) is 6.10 Å². The lowest BCUT2D eigenvalue weighted by atomic mass is 10.0. The number of nitrogens with zero attached hydrogens (tertiary/aromatic N) is 2. The van der Waals surface area contributed by atoms with E-state index in [1.165, 1.54) is 11.1 Å². The van der Waals surface area contributed by atoms with Gasteiger partial charge in [0.15, 0.2) is 5.79 Å². The summed E-state index contributed by atoms with van der Waals surface area (Å²) in [5, 5.41) is 0. The molecule has 118 valence electrons. The Morgan fingerprint density at radius 3 is 3.05 bits per heavy atom. The number of benzene rings is 1. The van der Waals surface area contributed by atoms with E-state index in [4.69, 9.17) is 9.47 Å². The molecule has 1 aromatic heterocycles. The minimum atomic E-state index is -0.553. The zero-order chi connectivity index (χ0) is 15.4. The first-order valence-corrected chi connectivity index (χ1v) is 7.98. The largest absolute Gasteiger partial charge is 0.348 e. The molecule has 2 unspecified atom stereocenters. The van der Waals surface area contributed by atoms with E-state index >= 15 is 0 Å². The van der Waals surface area contributed by atoms with Crippen molar-refractivity contribution >= 4 is 0 Å². The van der Waals surface area contributed by atoms with Crippen molar-refractivity contribution in [3.8, 4) is 0 Å². The number of hydrogen-bond donors (Lipinski definition) is 0. The van der Waals surface area contributed by atoms with Crippen LogP contribution in [-0.4, -0.2) is 28.0 Å². The van der Waals surface area contributed by atoms with Gasteiger partial charge in [0.1, 0.15) is 0 Å². The smallest absolute Gasteiger partial charge is 0.186 e. The number of rotatable bonds is 5. The van der Waals surface area contributed by atoms with Gasteiger partial charge in [-0.25, -0.2) is 4.98 Å². The summed E-state index contributed by atoms with van der Waals surface area (Å²) in [6.45, 7) is 5.69. The number of aromatic nitrogens is 2. The number of imidazole rings is 1. The average Bonchev–Trinajstić information content (AvgIpc) is 2.98. The molecule has 4 heteroatoms. The van der Waals surface area contributed by atoms with Crippen molar-refractivity contribution in [2.45, 2.75) is 51.5 Å². The van der Waals surface area contributed by atoms with Crippen LogP contribution in [0, 0.1) is 6.92 Å². The molecule has 0 amide bonds. The second-order valence-electron chi connectivity index (χ2n) is 6.20. The van der Waals surface area contributed by atoms with Gasteiger partial charge in [-0.2, -0.15) is 0 Å². The maximum Gasteiger partial charge on any atom is 0.186 e. The Bertz CT molecular complexity index is 597. The highest BCUT2D eigenvalue weighted by atomic mass is 16.7. The fourth-order valence-electron chi connectivity index (χ4n) is 3.02. The van der Waals surface area contributed by atoms with Gasteiger partial charge in [0.05, 0.1) is 25.6 Å². The number of ether oxygens (including phenoxy) is 2. The van der Waals surface area contributed by atoms with E-state index in [9.17, 15) is 0 Å². The highest BCUT2D eigenvalue weighted by molar-refractivity contribution is 5.22. The van der Waals surface area contributed by atoms with Crippen LogP contribution in [0.2, 0.25) is 0 Å². The van der Waals surface area contributed by atoms with E-state index in [0.29, 0.717) is 6.54 Å². The molecular weight excluding hydrogens is 276 g/mol. The summed E-state index contributed by atoms with van der Waals surface area (Å²) in [5.74, 6) is -0.553. The highest BCUT2D eigenvalue weighted by Crippen LogP contribution is 2.30. The minimum Gasteiger partial charge on any atom is -0.348 e. The van der Waals surface area contributed by atoms with Crippen LogP contribution < -0.4 is 0 Å². The molecule has 0 saturated carbocycles. The maximum absolute atomic E-state index is 6.23. The van der Waals surface area contributed by atoms with Crippen LogP contribution in [0.4, 0.5) is 0 Å². The third-order valence-corrected chi connectivity index (χ3v) is 4.17. The van der Waals surface area contributed by atoms with Gasteiger partial charge >= 0.3 is 0 Å². The van der Waals surface area contributed by atoms with Crippen LogP contribution in [-0.2, 0) is 22.4 Å². The second kappa shape index (κ2) is 6.63. The molecule has 1 fully saturated rings. The SMILES string of the molecule is Cc1cccc(CCC2(Cn3ccnc3)OCCC(C)O2)c1. The van der Waals surface area contributed by atoms with Gasteiger partial charge in [0.2, 0.25) is 0 Å². The van der Waals surface area contributed by atoms with Crippen molar-refractivity contribution in [3.63, 3.8) is 0 Å². The molecule has 1 saturated heterocycles. The van der Waals surface area contributed by atoms with Crippen molar-refractivity contribution in [1.29, 1.82) is 0 Å². The Morgan fingerprint density at radius 2 is 2.32 bits per heavy atom. The molecule has 0 aliphatic carbocycles. The summed E-state index contributed by atoms with van der Waals surface area (Å²) < 4.78 is 14.4. The average molecular weight is 300 g/mol. The van der Waals surface area contributed by atoms with Gasteiger partial charge in [-0.3, -0.25) is 0 Å². The summed E-state index contributed by atoms with van der Waals surface area (Å²) in [6, 6.07) is 8.64. The lowest BCUT2D eigenvalue weighted by Gasteiger charge is -2.40. The molecule has 1 aliphatic heterocycles. The third kappa shape index (κ3) is 3.76. The Balaban J connectivity index is 1.73. The van der Waals surface area contributed by atoms with Crippen LogP contribution in [0.5, 0.6) is 0 Å². The molecule has 2 atom stereocenters. The van der Waals surface area contributed by atoms with Crippen molar-refractivity contribution in [1.82, 2.24) is 9.55 Å². The van der Waals surface area contributed by atoms with Crippen molar-refractivity contribution in [2.75, 3.05) is 6.61 Å². The minimum absolute atomic E-state index is 0.231. The van der Waals surface area contributed by atoms with E-state index in [2.05, 4.69) is 43.1 Å². The monoisotopic (exact) mass is 300 g/mol. The van der Waals surface area contributed by atoms with Gasteiger partial charge in [0.25, 0.3) is 0 Å². The molecule has 2 heterocycles. The highest BCUT2D eigenvalue weighted by Gasteiger charge is 2.37. The van der Waals surface area contributed by atoms with Crippen molar-refractivity contribution in [2.24, 2.45) is 0 Å². The van der Waals surface area contributed by atoms with E-state index < -0.39 is 5.79 Å². The molecule has 2 aromatic rings. The molecule has 1 aromatic carbocycles. The van der Waals surface area contributed by atoms with Crippen molar-refractivity contribution < 1.29 is 9.47 Å². The summed E-state index contributed by atoms with van der Waals surface area (Å²) >= 11 is 0. The molecule has 1 aliphatic rings. The van der Waals surface area contributed by atoms with Crippen LogP contribution in [0.3, 0.4) is 0 Å². The van der Waals surface area contributed by atoms with Crippen LogP contribution in [0.1, 0.15) is 30.9 Å². The Morgan fingerprint density at radius 1 is 1.41 bits per heavy atom. The Hall–Kier alpha value is -1.65. The maximum atomic E-state index is 6.23. The number of aryl methyl sites for hydroxylation is 2. The summed E-state index contributed by atoms with van der Waals surface area (Å²) in [6.07, 6.45) is 8.55. The predicted octanol–water partition coefficient (Wildman–Crippen LogP) is 3.35. The summed E-state index contributed by atoms with van der Waals surface area (Å²) in [7, 11) is 0. The van der Waals surface area contributed by atoms with Crippen LogP contribution in [0.15, 0.2) is 43.0 Å². The molecular formula is C18H24N2O2. The Kier molecular flexibility index (Phi) is 4.60. The molecule has 3 rings (SSSR count). The molecule has 0 bridgehead atoms. The topological polar surface area (TPSA) is 36.3 Å². The Labute approximate surface area is 132 Å². The molecule has 0 radical (unpaired) electrons. The van der Waals surface area contributed by atoms with Crippen LogP contribution in [0.25, 0.3) is 0 Å². The third-order valence-electron chi connectivity index (χ3n) is 4.17. The van der Waals surface area contributed by atoms with Gasteiger partial charge < -0.3 is 14.0 Å². The lowest BCUT2D eigenvalue weighted by molar-refractivity contribution is -0.298. The van der Waals surface area contributed by atoms with E-state index in [1.54, 1.807) is 6.20 Å². The zero-order valence-electron chi connectivity index (χ0n) is 13.4. The quantitative estimate of drug-likeness (QED) is 0.849. The van der Waals surface area contributed by atoms with Gasteiger partial charge in [-0.1, -0.05) is 29.8 Å². The molecule has 0 spiro atoms. The van der Waals surface area contributed by atoms with Crippen molar-refractivity contribution in [3.05, 3.63) is 54.1 Å². The first-order valence-electron chi connectivity index (χ1n) is 7.98. The lowest BCUT2D eigenvalue weighted by Crippen LogP contribution is -2.47. The van der Waals surface area contributed by atoms with Gasteiger partial charge in [-0.05, 0) is 32.3 Å². The van der Waals surface area contributed by atoms with E-state index in [1.807, 2.05) is 17.1 Å². The zero-order valence-corrected chi connectivity index (χ0v) is 13.4. The first-order chi connectivity index (χ1) is 10.7. The summed E-state index contributed by atoms with van der Waals surface area (Å²) in [5.41, 5.74) is 2.62. The standard InChI is InChI=1S/C18H24N2O2/c1-15-4-3-5-17(12-15)6-8-18(13-20-10-9-19-14-20)21-11-7-16(2)22-18/h3-5,9-10,12,14,16H,6-8,11,13H2,1-2H3. The summed E-state index contributed by atoms with van der Waals surface area (Å²) in [4.78, 5) is 4.12. The first kappa shape index (κ1) is 15.3. The molecule has 0 N–H and O–H groups in total. The normalized spacial score (nSPS) is 25.3. The van der Waals surface area contributed by atoms with E-state index in [0.717, 1.165) is 25.9 Å². The number of hydrogen-bond acceptors (Lipinski definition) is 3. The fourth-order valence-corrected chi connectivity index (χ4v) is 3.02. The van der Waals surface area contributed by atoms with Gasteiger partial charge in [-0.15, -0.1) is 0 Å².